The van der Waals surface area contributed by atoms with E-state index in [0.29, 0.717) is 33.5 Å². The molecule has 7 heteroatoms. The normalized spacial score (nSPS) is 12.8. The van der Waals surface area contributed by atoms with Crippen molar-refractivity contribution in [1.29, 1.82) is 0 Å². The smallest absolute Gasteiger partial charge is 0.306 e. The first-order valence-corrected chi connectivity index (χ1v) is 8.75. The Morgan fingerprint density at radius 2 is 1.81 bits per heavy atom. The van der Waals surface area contributed by atoms with Crippen LogP contribution < -0.4 is 4.74 Å². The van der Waals surface area contributed by atoms with Gasteiger partial charge in [-0.1, -0.05) is 23.2 Å². The van der Waals surface area contributed by atoms with Crippen molar-refractivity contribution in [3.05, 3.63) is 63.1 Å². The first-order valence-electron chi connectivity index (χ1n) is 7.99. The van der Waals surface area contributed by atoms with Crippen LogP contribution in [0.1, 0.15) is 34.3 Å². The van der Waals surface area contributed by atoms with Crippen LogP contribution in [0.4, 0.5) is 0 Å². The van der Waals surface area contributed by atoms with E-state index in [1.807, 2.05) is 0 Å². The van der Waals surface area contributed by atoms with Crippen LogP contribution in [0.15, 0.2) is 36.4 Å². The molecule has 0 saturated carbocycles. The van der Waals surface area contributed by atoms with E-state index in [9.17, 15) is 9.59 Å². The van der Waals surface area contributed by atoms with Crippen molar-refractivity contribution < 1.29 is 23.8 Å². The molecule has 26 heavy (non-hydrogen) atoms. The zero-order valence-corrected chi connectivity index (χ0v) is 15.3. The molecular weight excluding hydrogens is 379 g/mol. The number of fused-ring (bicyclic) bond motifs is 1. The SMILES string of the molecule is O=C(CCC(=O)c1ccc(Cl)cc1)OCc1cc(Cl)cc2c1OCOC2. The Kier molecular flexibility index (Phi) is 6.14. The maximum atomic E-state index is 12.1. The fraction of sp³-hybridized carbons (Fsp3) is 0.263. The Hall–Kier alpha value is -2.08. The zero-order valence-electron chi connectivity index (χ0n) is 13.8. The van der Waals surface area contributed by atoms with Gasteiger partial charge >= 0.3 is 5.97 Å². The third-order valence-electron chi connectivity index (χ3n) is 3.86. The van der Waals surface area contributed by atoms with E-state index in [1.165, 1.54) is 0 Å². The molecule has 3 rings (SSSR count). The van der Waals surface area contributed by atoms with Gasteiger partial charge in [-0.15, -0.1) is 0 Å². The highest BCUT2D eigenvalue weighted by molar-refractivity contribution is 6.31. The molecule has 0 unspecified atom stereocenters. The Morgan fingerprint density at radius 1 is 1.04 bits per heavy atom. The summed E-state index contributed by atoms with van der Waals surface area (Å²) in [5.74, 6) is 0.0259. The summed E-state index contributed by atoms with van der Waals surface area (Å²) < 4.78 is 15.9. The monoisotopic (exact) mass is 394 g/mol. The van der Waals surface area contributed by atoms with Gasteiger partial charge in [-0.2, -0.15) is 0 Å². The number of halogens is 2. The number of Topliss-reactive ketones (excluding diaryl/α,β-unsaturated/α-hetero) is 1. The van der Waals surface area contributed by atoms with Crippen molar-refractivity contribution in [1.82, 2.24) is 0 Å². The maximum absolute atomic E-state index is 12.1. The topological polar surface area (TPSA) is 61.8 Å². The lowest BCUT2D eigenvalue weighted by Crippen LogP contribution is -2.14. The van der Waals surface area contributed by atoms with Crippen LogP contribution in [0, 0.1) is 0 Å². The fourth-order valence-electron chi connectivity index (χ4n) is 2.59. The Balaban J connectivity index is 1.54. The van der Waals surface area contributed by atoms with Gasteiger partial charge in [0.1, 0.15) is 12.4 Å². The predicted molar refractivity (Wildman–Crippen MR) is 96.5 cm³/mol. The predicted octanol–water partition coefficient (Wildman–Crippen LogP) is 4.57. The zero-order chi connectivity index (χ0) is 18.5. The molecular formula is C19H16Cl2O5. The van der Waals surface area contributed by atoms with Gasteiger partial charge in [0.05, 0.1) is 13.0 Å². The summed E-state index contributed by atoms with van der Waals surface area (Å²) in [6.07, 6.45) is 0.0621. The summed E-state index contributed by atoms with van der Waals surface area (Å²) in [6, 6.07) is 9.99. The molecule has 0 aromatic heterocycles. The highest BCUT2D eigenvalue weighted by Gasteiger charge is 2.18. The molecule has 1 aliphatic heterocycles. The molecule has 2 aromatic carbocycles. The lowest BCUT2D eigenvalue weighted by atomic mass is 10.1. The maximum Gasteiger partial charge on any atom is 0.306 e. The number of carbonyl (C=O) groups excluding carboxylic acids is 2. The molecule has 0 spiro atoms. The molecule has 0 amide bonds. The van der Waals surface area contributed by atoms with Gasteiger partial charge in [0.2, 0.25) is 0 Å². The van der Waals surface area contributed by atoms with Gasteiger partial charge in [0.15, 0.2) is 12.6 Å². The highest BCUT2D eigenvalue weighted by Crippen LogP contribution is 2.32. The van der Waals surface area contributed by atoms with Crippen LogP contribution in [-0.4, -0.2) is 18.5 Å². The molecule has 0 bridgehead atoms. The second-order valence-electron chi connectivity index (χ2n) is 5.75. The van der Waals surface area contributed by atoms with Crippen LogP contribution in [-0.2, 0) is 27.5 Å². The molecule has 0 aliphatic carbocycles. The molecule has 1 aliphatic rings. The summed E-state index contributed by atoms with van der Waals surface area (Å²) in [5, 5.41) is 1.07. The summed E-state index contributed by atoms with van der Waals surface area (Å²) in [5.41, 5.74) is 2.00. The van der Waals surface area contributed by atoms with E-state index in [0.717, 1.165) is 5.56 Å². The van der Waals surface area contributed by atoms with Gasteiger partial charge in [0.25, 0.3) is 0 Å². The van der Waals surface area contributed by atoms with Crippen LogP contribution in [0.3, 0.4) is 0 Å². The van der Waals surface area contributed by atoms with Crippen molar-refractivity contribution in [3.8, 4) is 5.75 Å². The van der Waals surface area contributed by atoms with Crippen LogP contribution in [0.2, 0.25) is 10.0 Å². The van der Waals surface area contributed by atoms with Crippen molar-refractivity contribution in [3.63, 3.8) is 0 Å². The Labute approximate surface area is 160 Å². The summed E-state index contributed by atoms with van der Waals surface area (Å²) in [4.78, 5) is 24.0. The fourth-order valence-corrected chi connectivity index (χ4v) is 2.98. The average molecular weight is 395 g/mol. The largest absolute Gasteiger partial charge is 0.467 e. The minimum absolute atomic E-state index is 0.00577. The van der Waals surface area contributed by atoms with Gasteiger partial charge in [-0.25, -0.2) is 0 Å². The first-order chi connectivity index (χ1) is 12.5. The lowest BCUT2D eigenvalue weighted by Gasteiger charge is -2.21. The van der Waals surface area contributed by atoms with Gasteiger partial charge in [0, 0.05) is 33.2 Å². The number of rotatable bonds is 6. The summed E-state index contributed by atoms with van der Waals surface area (Å²) in [6.45, 7) is 0.564. The van der Waals surface area contributed by atoms with E-state index >= 15 is 0 Å². The van der Waals surface area contributed by atoms with E-state index in [4.69, 9.17) is 37.4 Å². The first kappa shape index (κ1) is 18.7. The number of ketones is 1. The van der Waals surface area contributed by atoms with Crippen LogP contribution in [0.25, 0.3) is 0 Å². The van der Waals surface area contributed by atoms with Gasteiger partial charge in [-0.05, 0) is 36.4 Å². The molecule has 0 atom stereocenters. The molecule has 0 radical (unpaired) electrons. The lowest BCUT2D eigenvalue weighted by molar-refractivity contribution is -0.145. The van der Waals surface area contributed by atoms with E-state index in [2.05, 4.69) is 0 Å². The van der Waals surface area contributed by atoms with Crippen molar-refractivity contribution in [2.45, 2.75) is 26.1 Å². The van der Waals surface area contributed by atoms with E-state index < -0.39 is 5.97 Å². The number of ether oxygens (including phenoxy) is 3. The third-order valence-corrected chi connectivity index (χ3v) is 4.33. The minimum Gasteiger partial charge on any atom is -0.467 e. The quantitative estimate of drug-likeness (QED) is 0.530. The van der Waals surface area contributed by atoms with E-state index in [1.54, 1.807) is 36.4 Å². The highest BCUT2D eigenvalue weighted by atomic mass is 35.5. The second kappa shape index (κ2) is 8.54. The second-order valence-corrected chi connectivity index (χ2v) is 6.63. The Morgan fingerprint density at radius 3 is 2.58 bits per heavy atom. The van der Waals surface area contributed by atoms with E-state index in [-0.39, 0.29) is 32.0 Å². The number of esters is 1. The van der Waals surface area contributed by atoms with Gasteiger partial charge < -0.3 is 14.2 Å². The number of hydrogen-bond acceptors (Lipinski definition) is 5. The summed E-state index contributed by atoms with van der Waals surface area (Å²) >= 11 is 11.9. The van der Waals surface area contributed by atoms with Crippen LogP contribution >= 0.6 is 23.2 Å². The summed E-state index contributed by atoms with van der Waals surface area (Å²) in [7, 11) is 0. The molecule has 0 fully saturated rings. The average Bonchev–Trinajstić information content (AvgIpc) is 2.64. The molecule has 2 aromatic rings. The molecule has 1 heterocycles. The Bertz CT molecular complexity index is 817. The van der Waals surface area contributed by atoms with Crippen molar-refractivity contribution in [2.24, 2.45) is 0 Å². The molecule has 0 saturated heterocycles. The minimum atomic E-state index is -0.465. The molecule has 5 nitrogen and oxygen atoms in total. The van der Waals surface area contributed by atoms with Gasteiger partial charge in [-0.3, -0.25) is 9.59 Å². The molecule has 136 valence electrons. The van der Waals surface area contributed by atoms with Crippen molar-refractivity contribution in [2.75, 3.05) is 6.79 Å². The third kappa shape index (κ3) is 4.75. The number of carbonyl (C=O) groups is 2. The molecule has 0 N–H and O–H groups in total. The number of hydrogen-bond donors (Lipinski definition) is 0. The van der Waals surface area contributed by atoms with Crippen LogP contribution in [0.5, 0.6) is 5.75 Å². The number of benzene rings is 2. The van der Waals surface area contributed by atoms with Crippen molar-refractivity contribution >= 4 is 35.0 Å². The standard InChI is InChI=1S/C19H16Cl2O5/c20-15-3-1-12(2-4-15)17(22)5-6-18(23)25-10-14-8-16(21)7-13-9-24-11-26-19(13)14/h1-4,7-8H,5-6,9-11H2.